The normalized spacial score (nSPS) is 19.0. The number of aryl methyl sites for hydroxylation is 1. The lowest BCUT2D eigenvalue weighted by Gasteiger charge is -2.36. The summed E-state index contributed by atoms with van der Waals surface area (Å²) in [5, 5.41) is 6.28. The van der Waals surface area contributed by atoms with Gasteiger partial charge in [0.2, 0.25) is 0 Å². The van der Waals surface area contributed by atoms with Crippen molar-refractivity contribution in [3.05, 3.63) is 63.8 Å². The number of carbonyl (C=O) groups is 1. The van der Waals surface area contributed by atoms with Gasteiger partial charge in [-0.2, -0.15) is 0 Å². The Morgan fingerprint density at radius 3 is 2.71 bits per heavy atom. The molecular formula is C25H31N7O2. The zero-order valence-electron chi connectivity index (χ0n) is 19.5. The Balaban J connectivity index is 1.16. The number of rotatable bonds is 6. The maximum absolute atomic E-state index is 12.4. The Labute approximate surface area is 198 Å². The highest BCUT2D eigenvalue weighted by molar-refractivity contribution is 5.92. The van der Waals surface area contributed by atoms with Gasteiger partial charge in [-0.05, 0) is 49.2 Å². The molecule has 5 heterocycles. The van der Waals surface area contributed by atoms with Gasteiger partial charge in [0.15, 0.2) is 0 Å². The summed E-state index contributed by atoms with van der Waals surface area (Å²) in [6, 6.07) is 7.90. The van der Waals surface area contributed by atoms with Gasteiger partial charge in [0.05, 0.1) is 22.9 Å². The van der Waals surface area contributed by atoms with E-state index in [2.05, 4.69) is 35.4 Å². The van der Waals surface area contributed by atoms with Crippen LogP contribution in [0.3, 0.4) is 0 Å². The summed E-state index contributed by atoms with van der Waals surface area (Å²) in [6.45, 7) is 8.14. The molecule has 0 aromatic carbocycles. The third-order valence-corrected chi connectivity index (χ3v) is 6.73. The molecule has 2 aliphatic rings. The number of amides is 1. The average Bonchev–Trinajstić information content (AvgIpc) is 3.37. The molecule has 3 aromatic heterocycles. The first-order valence-electron chi connectivity index (χ1n) is 12.0. The first-order chi connectivity index (χ1) is 16.6. The molecule has 0 aliphatic carbocycles. The van der Waals surface area contributed by atoms with Gasteiger partial charge >= 0.3 is 0 Å². The number of nitrogens with zero attached hydrogens (tertiary/aromatic N) is 4. The number of fused-ring (bicyclic) bond motifs is 1. The molecule has 9 nitrogen and oxygen atoms in total. The molecule has 3 N–H and O–H groups in total. The summed E-state index contributed by atoms with van der Waals surface area (Å²) in [5.74, 6) is -0.110. The second-order valence-electron chi connectivity index (χ2n) is 9.08. The first kappa shape index (κ1) is 22.5. The predicted molar refractivity (Wildman–Crippen MR) is 132 cm³/mol. The third-order valence-electron chi connectivity index (χ3n) is 6.73. The quantitative estimate of drug-likeness (QED) is 0.508. The summed E-state index contributed by atoms with van der Waals surface area (Å²) in [4.78, 5) is 41.2. The van der Waals surface area contributed by atoms with E-state index in [9.17, 15) is 9.59 Å². The lowest BCUT2D eigenvalue weighted by molar-refractivity contribution is 0.0935. The lowest BCUT2D eigenvalue weighted by atomic mass is 10.1. The molecule has 2 aliphatic heterocycles. The van der Waals surface area contributed by atoms with Crippen molar-refractivity contribution in [1.82, 2.24) is 30.5 Å². The van der Waals surface area contributed by atoms with Crippen LogP contribution in [0.15, 0.2) is 41.5 Å². The number of aromatic amines is 1. The molecule has 0 radical (unpaired) electrons. The van der Waals surface area contributed by atoms with Crippen molar-refractivity contribution in [2.75, 3.05) is 44.2 Å². The molecule has 1 amide bonds. The fourth-order valence-corrected chi connectivity index (χ4v) is 4.68. The van der Waals surface area contributed by atoms with Crippen LogP contribution in [0.25, 0.3) is 11.0 Å². The van der Waals surface area contributed by atoms with E-state index in [1.807, 2.05) is 37.4 Å². The van der Waals surface area contributed by atoms with Crippen molar-refractivity contribution in [2.24, 2.45) is 0 Å². The molecule has 34 heavy (non-hydrogen) atoms. The van der Waals surface area contributed by atoms with Gasteiger partial charge in [0, 0.05) is 57.1 Å². The molecule has 9 heteroatoms. The van der Waals surface area contributed by atoms with Crippen LogP contribution in [0.4, 0.5) is 5.69 Å². The monoisotopic (exact) mass is 461 g/mol. The Morgan fingerprint density at radius 1 is 1.15 bits per heavy atom. The summed E-state index contributed by atoms with van der Waals surface area (Å²) in [7, 11) is 0. The Kier molecular flexibility index (Phi) is 6.55. The third kappa shape index (κ3) is 4.95. The van der Waals surface area contributed by atoms with Crippen LogP contribution in [0.5, 0.6) is 0 Å². The van der Waals surface area contributed by atoms with Gasteiger partial charge in [0.1, 0.15) is 5.69 Å². The van der Waals surface area contributed by atoms with Crippen LogP contribution >= 0.6 is 0 Å². The van der Waals surface area contributed by atoms with Crippen LogP contribution in [0.1, 0.15) is 35.0 Å². The molecule has 0 bridgehead atoms. The minimum atomic E-state index is -0.110. The Bertz CT molecular complexity index is 1210. The second kappa shape index (κ2) is 9.90. The number of hydrogen-bond donors (Lipinski definition) is 3. The Morgan fingerprint density at radius 2 is 2.00 bits per heavy atom. The van der Waals surface area contributed by atoms with Crippen LogP contribution in [-0.2, 0) is 13.0 Å². The number of aromatic nitrogens is 3. The van der Waals surface area contributed by atoms with E-state index in [1.165, 1.54) is 0 Å². The molecule has 1 atom stereocenters. The van der Waals surface area contributed by atoms with Crippen molar-refractivity contribution in [1.29, 1.82) is 0 Å². The molecule has 178 valence electrons. The predicted octanol–water partition coefficient (Wildman–Crippen LogP) is 1.29. The number of pyridine rings is 3. The average molecular weight is 462 g/mol. The molecule has 3 aromatic rings. The van der Waals surface area contributed by atoms with E-state index < -0.39 is 0 Å². The highest BCUT2D eigenvalue weighted by atomic mass is 16.2. The van der Waals surface area contributed by atoms with Crippen molar-refractivity contribution in [3.63, 3.8) is 0 Å². The fraction of sp³-hybridized carbons (Fsp3) is 0.440. The lowest BCUT2D eigenvalue weighted by Crippen LogP contribution is -2.46. The smallest absolute Gasteiger partial charge is 0.270 e. The largest absolute Gasteiger partial charge is 0.368 e. The molecular weight excluding hydrogens is 430 g/mol. The van der Waals surface area contributed by atoms with Crippen LogP contribution < -0.4 is 21.1 Å². The van der Waals surface area contributed by atoms with Crippen molar-refractivity contribution < 1.29 is 4.79 Å². The van der Waals surface area contributed by atoms with E-state index in [4.69, 9.17) is 0 Å². The van der Waals surface area contributed by atoms with Crippen LogP contribution in [0.2, 0.25) is 0 Å². The van der Waals surface area contributed by atoms with Gasteiger partial charge in [0.25, 0.3) is 11.5 Å². The van der Waals surface area contributed by atoms with E-state index in [-0.39, 0.29) is 17.5 Å². The maximum Gasteiger partial charge on any atom is 0.270 e. The van der Waals surface area contributed by atoms with Gasteiger partial charge in [-0.3, -0.25) is 19.5 Å². The fourth-order valence-electron chi connectivity index (χ4n) is 4.68. The summed E-state index contributed by atoms with van der Waals surface area (Å²) in [6.07, 6.45) is 5.36. The summed E-state index contributed by atoms with van der Waals surface area (Å²) < 4.78 is 0. The maximum atomic E-state index is 12.4. The minimum Gasteiger partial charge on any atom is -0.368 e. The topological polar surface area (TPSA) is 106 Å². The van der Waals surface area contributed by atoms with E-state index in [0.717, 1.165) is 80.1 Å². The zero-order valence-corrected chi connectivity index (χ0v) is 19.5. The number of piperazine rings is 1. The molecule has 2 saturated heterocycles. The van der Waals surface area contributed by atoms with Crippen molar-refractivity contribution >= 4 is 22.6 Å². The van der Waals surface area contributed by atoms with Crippen LogP contribution in [0, 0.1) is 0 Å². The highest BCUT2D eigenvalue weighted by Gasteiger charge is 2.20. The second-order valence-corrected chi connectivity index (χ2v) is 9.08. The summed E-state index contributed by atoms with van der Waals surface area (Å²) >= 11 is 0. The standard InChI is InChI=1S/C25H31N7O2/c1-2-18-12-22-23(30-24(18)33)11-17(13-27-22)16-31-7-9-32(10-8-31)20-3-4-21(28-15-20)25(34)29-19-5-6-26-14-19/h3-4,11-13,15,19,26H,2,5-10,14,16H2,1H3,(H,29,34)(H,30,33). The summed E-state index contributed by atoms with van der Waals surface area (Å²) in [5.41, 5.74) is 4.94. The molecule has 0 saturated carbocycles. The molecule has 1 unspecified atom stereocenters. The zero-order chi connectivity index (χ0) is 23.5. The van der Waals surface area contributed by atoms with Gasteiger partial charge in [-0.15, -0.1) is 0 Å². The minimum absolute atomic E-state index is 0.0322. The number of carbonyl (C=O) groups excluding carboxylic acids is 1. The SMILES string of the molecule is CCc1cc2ncc(CN3CCN(c4ccc(C(=O)NC5CCNC5)nc4)CC3)cc2[nH]c1=O. The van der Waals surface area contributed by atoms with E-state index in [0.29, 0.717) is 12.1 Å². The first-order valence-corrected chi connectivity index (χ1v) is 12.0. The number of H-pyrrole nitrogens is 1. The van der Waals surface area contributed by atoms with Gasteiger partial charge in [-0.1, -0.05) is 6.92 Å². The van der Waals surface area contributed by atoms with E-state index >= 15 is 0 Å². The van der Waals surface area contributed by atoms with Crippen molar-refractivity contribution in [3.8, 4) is 0 Å². The Hall–Kier alpha value is -3.30. The number of nitrogens with one attached hydrogen (secondary N) is 3. The van der Waals surface area contributed by atoms with E-state index in [1.54, 1.807) is 6.20 Å². The van der Waals surface area contributed by atoms with Gasteiger partial charge < -0.3 is 20.5 Å². The molecule has 2 fully saturated rings. The highest BCUT2D eigenvalue weighted by Crippen LogP contribution is 2.18. The van der Waals surface area contributed by atoms with Gasteiger partial charge in [-0.25, -0.2) is 4.98 Å². The number of hydrogen-bond acceptors (Lipinski definition) is 7. The van der Waals surface area contributed by atoms with Crippen molar-refractivity contribution in [2.45, 2.75) is 32.4 Å². The number of anilines is 1. The van der Waals surface area contributed by atoms with Crippen LogP contribution in [-0.4, -0.2) is 71.1 Å². The molecule has 5 rings (SSSR count). The molecule has 0 spiro atoms.